The highest BCUT2D eigenvalue weighted by Crippen LogP contribution is 2.35. The molecule has 2 heterocycles. The van der Waals surface area contributed by atoms with Crippen molar-refractivity contribution in [2.24, 2.45) is 0 Å². The number of amides is 1. The van der Waals surface area contributed by atoms with Gasteiger partial charge in [0.2, 0.25) is 5.91 Å². The number of aryl methyl sites for hydroxylation is 1. The highest BCUT2D eigenvalue weighted by molar-refractivity contribution is 5.78. The van der Waals surface area contributed by atoms with Crippen molar-refractivity contribution in [2.75, 3.05) is 20.2 Å². The van der Waals surface area contributed by atoms with Crippen LogP contribution in [0.5, 0.6) is 5.75 Å². The Morgan fingerprint density at radius 1 is 1.10 bits per heavy atom. The number of hydrogen-bond donors (Lipinski definition) is 0. The fraction of sp³-hybridized carbons (Fsp3) is 0.417. The molecule has 3 aromatic rings. The van der Waals surface area contributed by atoms with Crippen LogP contribution >= 0.6 is 0 Å². The van der Waals surface area contributed by atoms with Gasteiger partial charge in [0.1, 0.15) is 11.4 Å². The quantitative estimate of drug-likeness (QED) is 0.523. The lowest BCUT2D eigenvalue weighted by Gasteiger charge is -2.26. The third-order valence-corrected chi connectivity index (χ3v) is 5.34. The molecule has 0 fully saturated rings. The maximum absolute atomic E-state index is 13.3. The van der Waals surface area contributed by atoms with Gasteiger partial charge in [-0.15, -0.1) is 0 Å². The van der Waals surface area contributed by atoms with Crippen LogP contribution in [0.1, 0.15) is 56.0 Å². The molecule has 1 atom stereocenters. The fourth-order valence-electron chi connectivity index (χ4n) is 4.01. The molecule has 0 aliphatic rings. The molecule has 0 radical (unpaired) electrons. The third kappa shape index (κ3) is 4.44. The molecule has 1 amide bonds. The van der Waals surface area contributed by atoms with Gasteiger partial charge in [-0.3, -0.25) is 4.79 Å². The Hall–Kier alpha value is -2.82. The molecular formula is C24H31N3O2. The summed E-state index contributed by atoms with van der Waals surface area (Å²) in [7, 11) is 1.68. The largest absolute Gasteiger partial charge is 0.496 e. The zero-order chi connectivity index (χ0) is 20.8. The smallest absolute Gasteiger partial charge is 0.223 e. The van der Waals surface area contributed by atoms with Gasteiger partial charge in [0.15, 0.2) is 0 Å². The van der Waals surface area contributed by atoms with Crippen LogP contribution in [0.25, 0.3) is 5.65 Å². The molecule has 2 aromatic heterocycles. The topological polar surface area (TPSA) is 46.8 Å². The average molecular weight is 394 g/mol. The maximum Gasteiger partial charge on any atom is 0.223 e. The van der Waals surface area contributed by atoms with E-state index in [9.17, 15) is 4.79 Å². The van der Waals surface area contributed by atoms with E-state index in [1.807, 2.05) is 41.4 Å². The number of ether oxygens (including phenoxy) is 1. The molecule has 154 valence electrons. The number of rotatable bonds is 9. The number of fused-ring (bicyclic) bond motifs is 1. The highest BCUT2D eigenvalue weighted by Gasteiger charge is 2.27. The normalized spacial score (nSPS) is 12.1. The van der Waals surface area contributed by atoms with E-state index in [1.54, 1.807) is 7.11 Å². The van der Waals surface area contributed by atoms with Crippen LogP contribution in [0.2, 0.25) is 0 Å². The summed E-state index contributed by atoms with van der Waals surface area (Å²) < 4.78 is 7.80. The number of imidazole rings is 1. The van der Waals surface area contributed by atoms with Crippen molar-refractivity contribution in [3.8, 4) is 5.75 Å². The minimum Gasteiger partial charge on any atom is -0.496 e. The predicted molar refractivity (Wildman–Crippen MR) is 117 cm³/mol. The van der Waals surface area contributed by atoms with E-state index >= 15 is 0 Å². The van der Waals surface area contributed by atoms with Crippen molar-refractivity contribution in [1.29, 1.82) is 0 Å². The van der Waals surface area contributed by atoms with Gasteiger partial charge in [0.25, 0.3) is 0 Å². The van der Waals surface area contributed by atoms with Crippen LogP contribution in [0.3, 0.4) is 0 Å². The van der Waals surface area contributed by atoms with Crippen LogP contribution in [0.4, 0.5) is 0 Å². The lowest BCUT2D eigenvalue weighted by molar-refractivity contribution is -0.131. The molecule has 1 unspecified atom stereocenters. The molecule has 0 aliphatic heterocycles. The monoisotopic (exact) mass is 393 g/mol. The van der Waals surface area contributed by atoms with Crippen LogP contribution in [0.15, 0.2) is 48.7 Å². The summed E-state index contributed by atoms with van der Waals surface area (Å²) in [6.07, 6.45) is 4.21. The second-order valence-electron chi connectivity index (χ2n) is 7.42. The molecule has 1 aromatic carbocycles. The molecule has 5 heteroatoms. The average Bonchev–Trinajstić information content (AvgIpc) is 3.17. The summed E-state index contributed by atoms with van der Waals surface area (Å²) in [6, 6.07) is 14.0. The summed E-state index contributed by atoms with van der Waals surface area (Å²) in [4.78, 5) is 19.9. The molecule has 5 nitrogen and oxygen atoms in total. The first-order chi connectivity index (χ1) is 14.1. The minimum absolute atomic E-state index is 0.133. The minimum atomic E-state index is -0.133. The van der Waals surface area contributed by atoms with Gasteiger partial charge in [-0.25, -0.2) is 4.98 Å². The standard InChI is InChI=1S/C24H31N3O2/c1-5-14-26(15-6-2)24(28)16-20(19-11-7-8-12-22(19)29-4)21-17-25-23-13-9-10-18(3)27(21)23/h7-13,17,20H,5-6,14-16H2,1-4H3. The summed E-state index contributed by atoms with van der Waals surface area (Å²) in [5, 5.41) is 0. The number of methoxy groups -OCH3 is 1. The number of nitrogens with zero attached hydrogens (tertiary/aromatic N) is 3. The van der Waals surface area contributed by atoms with Crippen LogP contribution in [0, 0.1) is 6.92 Å². The van der Waals surface area contributed by atoms with Crippen molar-refractivity contribution < 1.29 is 9.53 Å². The fourth-order valence-corrected chi connectivity index (χ4v) is 4.01. The second-order valence-corrected chi connectivity index (χ2v) is 7.42. The van der Waals surface area contributed by atoms with Crippen LogP contribution in [-0.2, 0) is 4.79 Å². The van der Waals surface area contributed by atoms with E-state index in [-0.39, 0.29) is 11.8 Å². The van der Waals surface area contributed by atoms with E-state index < -0.39 is 0 Å². The zero-order valence-corrected chi connectivity index (χ0v) is 17.9. The van der Waals surface area contributed by atoms with Crippen LogP contribution < -0.4 is 4.74 Å². The third-order valence-electron chi connectivity index (χ3n) is 5.34. The van der Waals surface area contributed by atoms with Crippen molar-refractivity contribution in [1.82, 2.24) is 14.3 Å². The Kier molecular flexibility index (Phi) is 6.91. The number of carbonyl (C=O) groups excluding carboxylic acids is 1. The first-order valence-corrected chi connectivity index (χ1v) is 10.4. The Labute approximate surface area is 173 Å². The molecule has 0 bridgehead atoms. The van der Waals surface area contributed by atoms with Gasteiger partial charge in [-0.1, -0.05) is 38.1 Å². The molecular weight excluding hydrogens is 362 g/mol. The molecule has 29 heavy (non-hydrogen) atoms. The summed E-state index contributed by atoms with van der Waals surface area (Å²) in [5.74, 6) is 0.838. The first kappa shape index (κ1) is 20.9. The van der Waals surface area contributed by atoms with Crippen molar-refractivity contribution in [3.05, 3.63) is 65.6 Å². The molecule has 0 aliphatic carbocycles. The highest BCUT2D eigenvalue weighted by atomic mass is 16.5. The lowest BCUT2D eigenvalue weighted by Crippen LogP contribution is -2.33. The number of hydrogen-bond acceptors (Lipinski definition) is 3. The molecule has 0 saturated carbocycles. The van der Waals surface area contributed by atoms with Gasteiger partial charge < -0.3 is 14.0 Å². The lowest BCUT2D eigenvalue weighted by atomic mass is 9.91. The Morgan fingerprint density at radius 2 is 1.83 bits per heavy atom. The number of para-hydroxylation sites is 1. The van der Waals surface area contributed by atoms with Gasteiger partial charge >= 0.3 is 0 Å². The van der Waals surface area contributed by atoms with Gasteiger partial charge in [-0.05, 0) is 38.0 Å². The predicted octanol–water partition coefficient (Wildman–Crippen LogP) is 4.82. The van der Waals surface area contributed by atoms with E-state index in [1.165, 1.54) is 0 Å². The summed E-state index contributed by atoms with van der Waals surface area (Å²) in [5.41, 5.74) is 4.03. The Morgan fingerprint density at radius 3 is 2.52 bits per heavy atom. The number of carbonyl (C=O) groups is 1. The summed E-state index contributed by atoms with van der Waals surface area (Å²) >= 11 is 0. The molecule has 0 spiro atoms. The number of pyridine rings is 1. The van der Waals surface area contributed by atoms with Gasteiger partial charge in [0.05, 0.1) is 12.8 Å². The maximum atomic E-state index is 13.3. The van der Waals surface area contributed by atoms with E-state index in [0.29, 0.717) is 6.42 Å². The van der Waals surface area contributed by atoms with E-state index in [0.717, 1.165) is 54.3 Å². The van der Waals surface area contributed by atoms with Gasteiger partial charge in [0, 0.05) is 42.9 Å². The summed E-state index contributed by atoms with van der Waals surface area (Å²) in [6.45, 7) is 7.87. The Balaban J connectivity index is 2.08. The Bertz CT molecular complexity index is 958. The molecule has 3 rings (SSSR count). The van der Waals surface area contributed by atoms with E-state index in [4.69, 9.17) is 4.74 Å². The number of benzene rings is 1. The molecule has 0 saturated heterocycles. The first-order valence-electron chi connectivity index (χ1n) is 10.4. The van der Waals surface area contributed by atoms with E-state index in [2.05, 4.69) is 42.3 Å². The zero-order valence-electron chi connectivity index (χ0n) is 17.9. The van der Waals surface area contributed by atoms with Gasteiger partial charge in [-0.2, -0.15) is 0 Å². The SMILES string of the molecule is CCCN(CCC)C(=O)CC(c1ccccc1OC)c1cnc2cccc(C)n12. The molecule has 0 N–H and O–H groups in total. The van der Waals surface area contributed by atoms with Crippen molar-refractivity contribution >= 4 is 11.6 Å². The van der Waals surface area contributed by atoms with Crippen molar-refractivity contribution in [2.45, 2.75) is 46.0 Å². The number of aromatic nitrogens is 2. The van der Waals surface area contributed by atoms with Crippen molar-refractivity contribution in [3.63, 3.8) is 0 Å². The van der Waals surface area contributed by atoms with Crippen LogP contribution in [-0.4, -0.2) is 40.4 Å². The second kappa shape index (κ2) is 9.59.